The molecule has 1 aliphatic carbocycles. The number of carbonyl (C=O) groups is 1. The first-order valence-corrected chi connectivity index (χ1v) is 7.86. The van der Waals surface area contributed by atoms with Crippen molar-refractivity contribution in [3.05, 3.63) is 29.8 Å². The Morgan fingerprint density at radius 1 is 1.24 bits per heavy atom. The van der Waals surface area contributed by atoms with Gasteiger partial charge in [0.15, 0.2) is 0 Å². The molecule has 4 heteroatoms. The molecule has 1 aromatic rings. The predicted molar refractivity (Wildman–Crippen MR) is 81.9 cm³/mol. The van der Waals surface area contributed by atoms with Crippen LogP contribution >= 0.6 is 0 Å². The van der Waals surface area contributed by atoms with Crippen LogP contribution in [0.2, 0.25) is 0 Å². The molecule has 0 aromatic heterocycles. The summed E-state index contributed by atoms with van der Waals surface area (Å²) >= 11 is 0. The van der Waals surface area contributed by atoms with Crippen LogP contribution in [0.15, 0.2) is 24.3 Å². The lowest BCUT2D eigenvalue weighted by atomic mass is 9.76. The van der Waals surface area contributed by atoms with Gasteiger partial charge in [-0.3, -0.25) is 4.79 Å². The van der Waals surface area contributed by atoms with Crippen LogP contribution in [-0.2, 0) is 4.79 Å². The summed E-state index contributed by atoms with van der Waals surface area (Å²) in [5.74, 6) is 0.835. The molecule has 4 nitrogen and oxygen atoms in total. The second-order valence-corrected chi connectivity index (χ2v) is 6.57. The number of benzene rings is 1. The number of hydrogen-bond acceptors (Lipinski definition) is 3. The second kappa shape index (κ2) is 5.68. The molecule has 1 heterocycles. The quantitative estimate of drug-likeness (QED) is 0.894. The highest BCUT2D eigenvalue weighted by Crippen LogP contribution is 2.36. The first-order valence-electron chi connectivity index (χ1n) is 7.86. The van der Waals surface area contributed by atoms with Gasteiger partial charge in [0.25, 0.3) is 0 Å². The van der Waals surface area contributed by atoms with Crippen LogP contribution in [0.4, 0.5) is 0 Å². The van der Waals surface area contributed by atoms with E-state index in [1.54, 1.807) is 0 Å². The van der Waals surface area contributed by atoms with Gasteiger partial charge >= 0.3 is 0 Å². The average Bonchev–Trinajstić information content (AvgIpc) is 3.22. The molecule has 21 heavy (non-hydrogen) atoms. The molecular weight excluding hydrogens is 264 g/mol. The Morgan fingerprint density at radius 2 is 1.90 bits per heavy atom. The minimum atomic E-state index is -0.217. The van der Waals surface area contributed by atoms with Gasteiger partial charge in [0, 0.05) is 12.1 Å². The molecule has 3 N–H and O–H groups in total. The largest absolute Gasteiger partial charge is 0.490 e. The van der Waals surface area contributed by atoms with Crippen molar-refractivity contribution in [2.45, 2.75) is 51.3 Å². The number of hydrogen-bond donors (Lipinski definition) is 2. The molecule has 3 rings (SSSR count). The van der Waals surface area contributed by atoms with E-state index in [4.69, 9.17) is 10.5 Å². The number of nitrogens with one attached hydrogen (secondary N) is 1. The maximum absolute atomic E-state index is 11.8. The van der Waals surface area contributed by atoms with Crippen LogP contribution in [0.1, 0.15) is 44.7 Å². The number of carbonyl (C=O) groups excluding carboxylic acids is 1. The van der Waals surface area contributed by atoms with Gasteiger partial charge in [-0.25, -0.2) is 0 Å². The number of piperidine rings is 1. The fraction of sp³-hybridized carbons (Fsp3) is 0.588. The topological polar surface area (TPSA) is 64.4 Å². The maximum Gasteiger partial charge on any atom is 0.222 e. The van der Waals surface area contributed by atoms with E-state index in [1.165, 1.54) is 0 Å². The highest BCUT2D eigenvalue weighted by atomic mass is 16.5. The zero-order valence-electron chi connectivity index (χ0n) is 12.7. The van der Waals surface area contributed by atoms with Crippen molar-refractivity contribution in [1.82, 2.24) is 5.32 Å². The molecule has 2 fully saturated rings. The van der Waals surface area contributed by atoms with Crippen LogP contribution in [0, 0.1) is 11.8 Å². The van der Waals surface area contributed by atoms with Gasteiger partial charge in [-0.2, -0.15) is 0 Å². The third-order valence-electron chi connectivity index (χ3n) is 4.56. The van der Waals surface area contributed by atoms with E-state index in [-0.39, 0.29) is 17.9 Å². The molecule has 2 aliphatic rings. The van der Waals surface area contributed by atoms with Crippen molar-refractivity contribution in [3.8, 4) is 5.75 Å². The number of ether oxygens (including phenoxy) is 1. The number of nitrogens with two attached hydrogens (primary N) is 1. The molecule has 1 aromatic carbocycles. The van der Waals surface area contributed by atoms with Gasteiger partial charge in [-0.15, -0.1) is 0 Å². The van der Waals surface area contributed by atoms with Crippen molar-refractivity contribution < 1.29 is 9.53 Å². The van der Waals surface area contributed by atoms with E-state index < -0.39 is 0 Å². The molecular formula is C17H24N2O2. The third kappa shape index (κ3) is 3.21. The van der Waals surface area contributed by atoms with Gasteiger partial charge in [-0.05, 0) is 49.8 Å². The lowest BCUT2D eigenvalue weighted by Gasteiger charge is -2.39. The van der Waals surface area contributed by atoms with Crippen molar-refractivity contribution in [3.63, 3.8) is 0 Å². The van der Waals surface area contributed by atoms with Gasteiger partial charge in [0.2, 0.25) is 5.91 Å². The van der Waals surface area contributed by atoms with Crippen molar-refractivity contribution in [2.24, 2.45) is 17.6 Å². The molecule has 4 atom stereocenters. The summed E-state index contributed by atoms with van der Waals surface area (Å²) in [6.07, 6.45) is 3.70. The van der Waals surface area contributed by atoms with E-state index in [0.29, 0.717) is 18.1 Å². The summed E-state index contributed by atoms with van der Waals surface area (Å²) in [4.78, 5) is 11.8. The summed E-state index contributed by atoms with van der Waals surface area (Å²) in [7, 11) is 0. The van der Waals surface area contributed by atoms with Crippen LogP contribution in [0.5, 0.6) is 5.75 Å². The van der Waals surface area contributed by atoms with Gasteiger partial charge in [0.05, 0.1) is 12.0 Å². The highest BCUT2D eigenvalue weighted by molar-refractivity contribution is 5.78. The zero-order chi connectivity index (χ0) is 15.0. The van der Waals surface area contributed by atoms with Crippen molar-refractivity contribution >= 4 is 5.91 Å². The Kier molecular flexibility index (Phi) is 3.89. The van der Waals surface area contributed by atoms with E-state index in [1.807, 2.05) is 12.1 Å². The summed E-state index contributed by atoms with van der Waals surface area (Å²) < 4.78 is 5.77. The van der Waals surface area contributed by atoms with E-state index in [2.05, 4.69) is 31.3 Å². The van der Waals surface area contributed by atoms with Gasteiger partial charge in [0.1, 0.15) is 5.75 Å². The van der Waals surface area contributed by atoms with Gasteiger partial charge < -0.3 is 15.8 Å². The third-order valence-corrected chi connectivity index (χ3v) is 4.56. The van der Waals surface area contributed by atoms with Crippen molar-refractivity contribution in [2.75, 3.05) is 0 Å². The molecule has 114 valence electrons. The predicted octanol–water partition coefficient (Wildman–Crippen LogP) is 2.39. The highest BCUT2D eigenvalue weighted by Gasteiger charge is 2.38. The Balaban J connectivity index is 1.79. The average molecular weight is 288 g/mol. The normalized spacial score (nSPS) is 32.7. The molecule has 1 amide bonds. The molecule has 0 bridgehead atoms. The molecule has 1 saturated heterocycles. The first kappa shape index (κ1) is 14.4. The molecule has 0 spiro atoms. The Morgan fingerprint density at radius 3 is 2.48 bits per heavy atom. The molecule has 1 aliphatic heterocycles. The SMILES string of the molecule is CC1CC(C)C(C(N)=O)C(c2ccc(OC3CC3)cc2)N1. The van der Waals surface area contributed by atoms with Crippen molar-refractivity contribution in [1.29, 1.82) is 0 Å². The van der Waals surface area contributed by atoms with Crippen LogP contribution in [-0.4, -0.2) is 18.1 Å². The van der Waals surface area contributed by atoms with Crippen LogP contribution in [0.25, 0.3) is 0 Å². The standard InChI is InChI=1S/C17H24N2O2/c1-10-9-11(2)19-16(15(10)17(18)20)12-3-5-13(6-4-12)21-14-7-8-14/h3-6,10-11,14-16,19H,7-9H2,1-2H3,(H2,18,20). The minimum Gasteiger partial charge on any atom is -0.490 e. The van der Waals surface area contributed by atoms with E-state index >= 15 is 0 Å². The first-order chi connectivity index (χ1) is 10.0. The molecule has 4 unspecified atom stereocenters. The summed E-state index contributed by atoms with van der Waals surface area (Å²) in [6.45, 7) is 4.27. The molecule has 1 saturated carbocycles. The Bertz CT molecular complexity index is 510. The van der Waals surface area contributed by atoms with Crippen LogP contribution < -0.4 is 15.8 Å². The summed E-state index contributed by atoms with van der Waals surface area (Å²) in [5.41, 5.74) is 6.74. The van der Waals surface area contributed by atoms with Crippen LogP contribution in [0.3, 0.4) is 0 Å². The van der Waals surface area contributed by atoms with E-state index in [9.17, 15) is 4.79 Å². The lowest BCUT2D eigenvalue weighted by molar-refractivity contribution is -0.125. The fourth-order valence-corrected chi connectivity index (χ4v) is 3.39. The minimum absolute atomic E-state index is 0.00350. The summed E-state index contributed by atoms with van der Waals surface area (Å²) in [5, 5.41) is 3.53. The maximum atomic E-state index is 11.8. The van der Waals surface area contributed by atoms with Gasteiger partial charge in [-0.1, -0.05) is 19.1 Å². The Hall–Kier alpha value is -1.55. The molecule has 0 radical (unpaired) electrons. The number of rotatable bonds is 4. The monoisotopic (exact) mass is 288 g/mol. The fourth-order valence-electron chi connectivity index (χ4n) is 3.39. The zero-order valence-corrected chi connectivity index (χ0v) is 12.7. The second-order valence-electron chi connectivity index (χ2n) is 6.57. The summed E-state index contributed by atoms with van der Waals surface area (Å²) in [6, 6.07) is 8.49. The lowest BCUT2D eigenvalue weighted by Crippen LogP contribution is -2.49. The van der Waals surface area contributed by atoms with E-state index in [0.717, 1.165) is 30.6 Å². The number of primary amides is 1. The Labute approximate surface area is 126 Å². The smallest absolute Gasteiger partial charge is 0.222 e. The number of amides is 1.